The van der Waals surface area contributed by atoms with E-state index in [0.29, 0.717) is 5.75 Å². The lowest BCUT2D eigenvalue weighted by atomic mass is 10.2. The number of aromatic nitrogens is 1. The summed E-state index contributed by atoms with van der Waals surface area (Å²) in [6, 6.07) is 13.8. The van der Waals surface area contributed by atoms with Crippen molar-refractivity contribution in [3.63, 3.8) is 0 Å². The SMILES string of the molecule is Cn1cccc1C(O)CNC(=O)CSCc1ccccc1. The molecule has 4 nitrogen and oxygen atoms in total. The van der Waals surface area contributed by atoms with E-state index in [1.165, 1.54) is 5.56 Å². The highest BCUT2D eigenvalue weighted by Gasteiger charge is 2.11. The molecule has 1 unspecified atom stereocenters. The predicted octanol–water partition coefficient (Wildman–Crippen LogP) is 2.11. The third-order valence-electron chi connectivity index (χ3n) is 3.16. The summed E-state index contributed by atoms with van der Waals surface area (Å²) < 4.78 is 1.85. The zero-order valence-electron chi connectivity index (χ0n) is 12.0. The van der Waals surface area contributed by atoms with E-state index in [4.69, 9.17) is 0 Å². The molecule has 1 heterocycles. The number of aliphatic hydroxyl groups is 1. The van der Waals surface area contributed by atoms with E-state index in [2.05, 4.69) is 5.32 Å². The van der Waals surface area contributed by atoms with E-state index in [-0.39, 0.29) is 12.5 Å². The van der Waals surface area contributed by atoms with Crippen molar-refractivity contribution in [2.45, 2.75) is 11.9 Å². The molecular formula is C16H20N2O2S. The fraction of sp³-hybridized carbons (Fsp3) is 0.312. The fourth-order valence-electron chi connectivity index (χ4n) is 2.02. The Morgan fingerprint density at radius 3 is 2.71 bits per heavy atom. The molecule has 0 saturated carbocycles. The summed E-state index contributed by atoms with van der Waals surface area (Å²) in [4.78, 5) is 11.7. The number of aliphatic hydroxyl groups excluding tert-OH is 1. The molecule has 112 valence electrons. The van der Waals surface area contributed by atoms with E-state index < -0.39 is 6.10 Å². The van der Waals surface area contributed by atoms with E-state index >= 15 is 0 Å². The number of carbonyl (C=O) groups is 1. The third-order valence-corrected chi connectivity index (χ3v) is 4.17. The van der Waals surface area contributed by atoms with Crippen LogP contribution in [0.5, 0.6) is 0 Å². The first-order valence-electron chi connectivity index (χ1n) is 6.84. The Hall–Kier alpha value is -1.72. The molecule has 0 aliphatic carbocycles. The van der Waals surface area contributed by atoms with Gasteiger partial charge in [0, 0.05) is 31.2 Å². The van der Waals surface area contributed by atoms with Crippen LogP contribution in [0, 0.1) is 0 Å². The Labute approximate surface area is 129 Å². The van der Waals surface area contributed by atoms with Gasteiger partial charge in [-0.15, -0.1) is 11.8 Å². The molecule has 1 amide bonds. The number of nitrogens with one attached hydrogen (secondary N) is 1. The number of hydrogen-bond donors (Lipinski definition) is 2. The Morgan fingerprint density at radius 1 is 1.29 bits per heavy atom. The molecule has 2 aromatic rings. The molecule has 1 aromatic carbocycles. The quantitative estimate of drug-likeness (QED) is 0.824. The molecule has 0 bridgehead atoms. The van der Waals surface area contributed by atoms with Crippen molar-refractivity contribution in [2.24, 2.45) is 7.05 Å². The van der Waals surface area contributed by atoms with E-state index in [0.717, 1.165) is 11.4 Å². The fourth-order valence-corrected chi connectivity index (χ4v) is 2.84. The van der Waals surface area contributed by atoms with Crippen LogP contribution in [0.2, 0.25) is 0 Å². The summed E-state index contributed by atoms with van der Waals surface area (Å²) in [5.74, 6) is 1.16. The van der Waals surface area contributed by atoms with Crippen LogP contribution in [-0.4, -0.2) is 27.9 Å². The van der Waals surface area contributed by atoms with Crippen molar-refractivity contribution in [3.8, 4) is 0 Å². The van der Waals surface area contributed by atoms with Gasteiger partial charge in [-0.3, -0.25) is 4.79 Å². The Bertz CT molecular complexity index is 569. The zero-order valence-corrected chi connectivity index (χ0v) is 12.8. The molecule has 2 N–H and O–H groups in total. The van der Waals surface area contributed by atoms with Gasteiger partial charge in [0.1, 0.15) is 6.10 Å². The van der Waals surface area contributed by atoms with Gasteiger partial charge in [0.2, 0.25) is 5.91 Å². The second kappa shape index (κ2) is 7.90. The van der Waals surface area contributed by atoms with Crippen molar-refractivity contribution in [1.82, 2.24) is 9.88 Å². The van der Waals surface area contributed by atoms with Crippen molar-refractivity contribution >= 4 is 17.7 Å². The van der Waals surface area contributed by atoms with Gasteiger partial charge in [0.25, 0.3) is 0 Å². The van der Waals surface area contributed by atoms with E-state index in [1.54, 1.807) is 11.8 Å². The van der Waals surface area contributed by atoms with Crippen LogP contribution in [0.15, 0.2) is 48.7 Å². The van der Waals surface area contributed by atoms with Crippen LogP contribution in [0.1, 0.15) is 17.4 Å². The Balaban J connectivity index is 1.67. The summed E-state index contributed by atoms with van der Waals surface area (Å²) in [6.45, 7) is 0.239. The van der Waals surface area contributed by atoms with Gasteiger partial charge < -0.3 is 15.0 Å². The minimum Gasteiger partial charge on any atom is -0.385 e. The van der Waals surface area contributed by atoms with Gasteiger partial charge in [0.05, 0.1) is 5.75 Å². The summed E-state index contributed by atoms with van der Waals surface area (Å²) in [5.41, 5.74) is 2.01. The van der Waals surface area contributed by atoms with Crippen LogP contribution in [0.4, 0.5) is 0 Å². The summed E-state index contributed by atoms with van der Waals surface area (Å²) >= 11 is 1.57. The van der Waals surface area contributed by atoms with E-state index in [1.807, 2.05) is 60.3 Å². The van der Waals surface area contributed by atoms with Crippen LogP contribution in [0.3, 0.4) is 0 Å². The standard InChI is InChI=1S/C16H20N2O2S/c1-18-9-5-8-14(18)15(19)10-17-16(20)12-21-11-13-6-3-2-4-7-13/h2-9,15,19H,10-12H2,1H3,(H,17,20). The topological polar surface area (TPSA) is 54.3 Å². The molecule has 0 radical (unpaired) electrons. The van der Waals surface area contributed by atoms with Gasteiger partial charge in [-0.05, 0) is 17.7 Å². The average molecular weight is 304 g/mol. The summed E-state index contributed by atoms with van der Waals surface area (Å²) in [6.07, 6.45) is 1.20. The Morgan fingerprint density at radius 2 is 2.05 bits per heavy atom. The molecule has 21 heavy (non-hydrogen) atoms. The van der Waals surface area contributed by atoms with Crippen molar-refractivity contribution in [2.75, 3.05) is 12.3 Å². The maximum atomic E-state index is 11.7. The number of nitrogens with zero attached hydrogens (tertiary/aromatic N) is 1. The molecule has 1 atom stereocenters. The second-order valence-electron chi connectivity index (χ2n) is 4.84. The second-order valence-corrected chi connectivity index (χ2v) is 5.83. The first-order valence-corrected chi connectivity index (χ1v) is 8.00. The smallest absolute Gasteiger partial charge is 0.230 e. The monoisotopic (exact) mass is 304 g/mol. The van der Waals surface area contributed by atoms with Crippen LogP contribution in [-0.2, 0) is 17.6 Å². The molecule has 0 aliphatic heterocycles. The number of aryl methyl sites for hydroxylation is 1. The normalized spacial score (nSPS) is 12.1. The van der Waals surface area contributed by atoms with Crippen LogP contribution in [0.25, 0.3) is 0 Å². The number of amides is 1. The minimum atomic E-state index is -0.673. The minimum absolute atomic E-state index is 0.0517. The van der Waals surface area contributed by atoms with Crippen molar-refractivity contribution in [1.29, 1.82) is 0 Å². The van der Waals surface area contributed by atoms with Crippen LogP contribution >= 0.6 is 11.8 Å². The molecule has 0 fully saturated rings. The summed E-state index contributed by atoms with van der Waals surface area (Å²) in [5, 5.41) is 12.8. The van der Waals surface area contributed by atoms with Gasteiger partial charge in [-0.1, -0.05) is 30.3 Å². The first-order chi connectivity index (χ1) is 10.2. The predicted molar refractivity (Wildman–Crippen MR) is 86.0 cm³/mol. The zero-order chi connectivity index (χ0) is 15.1. The summed E-state index contributed by atoms with van der Waals surface area (Å²) in [7, 11) is 1.87. The molecule has 0 spiro atoms. The maximum absolute atomic E-state index is 11.7. The van der Waals surface area contributed by atoms with Gasteiger partial charge >= 0.3 is 0 Å². The highest BCUT2D eigenvalue weighted by Crippen LogP contribution is 2.13. The number of thioether (sulfide) groups is 1. The largest absolute Gasteiger partial charge is 0.385 e. The number of rotatable bonds is 7. The number of carbonyl (C=O) groups excluding carboxylic acids is 1. The number of benzene rings is 1. The van der Waals surface area contributed by atoms with Crippen molar-refractivity contribution in [3.05, 3.63) is 59.9 Å². The third kappa shape index (κ3) is 4.95. The Kier molecular flexibility index (Phi) is 5.90. The first kappa shape index (κ1) is 15.7. The number of hydrogen-bond acceptors (Lipinski definition) is 3. The lowest BCUT2D eigenvalue weighted by Gasteiger charge is -2.13. The molecule has 0 aliphatic rings. The maximum Gasteiger partial charge on any atom is 0.230 e. The molecular weight excluding hydrogens is 284 g/mol. The van der Waals surface area contributed by atoms with Crippen molar-refractivity contribution < 1.29 is 9.90 Å². The van der Waals surface area contributed by atoms with Gasteiger partial charge in [0.15, 0.2) is 0 Å². The van der Waals surface area contributed by atoms with Gasteiger partial charge in [-0.25, -0.2) is 0 Å². The molecule has 0 saturated heterocycles. The lowest BCUT2D eigenvalue weighted by molar-refractivity contribution is -0.119. The molecule has 1 aromatic heterocycles. The molecule has 2 rings (SSSR count). The van der Waals surface area contributed by atoms with Gasteiger partial charge in [-0.2, -0.15) is 0 Å². The van der Waals surface area contributed by atoms with E-state index in [9.17, 15) is 9.90 Å². The van der Waals surface area contributed by atoms with Crippen LogP contribution < -0.4 is 5.32 Å². The average Bonchev–Trinajstić information content (AvgIpc) is 2.92. The highest BCUT2D eigenvalue weighted by molar-refractivity contribution is 7.99. The lowest BCUT2D eigenvalue weighted by Crippen LogP contribution is -2.30. The highest BCUT2D eigenvalue weighted by atomic mass is 32.2. The molecule has 5 heteroatoms.